The molecular formula is C15H22ClNOS. The van der Waals surface area contributed by atoms with E-state index in [0.717, 1.165) is 36.0 Å². The lowest BCUT2D eigenvalue weighted by Crippen LogP contribution is -2.30. The number of hydrogen-bond donors (Lipinski definition) is 1. The third-order valence-corrected chi connectivity index (χ3v) is 4.81. The van der Waals surface area contributed by atoms with Crippen molar-refractivity contribution in [2.75, 3.05) is 19.4 Å². The van der Waals surface area contributed by atoms with E-state index in [2.05, 4.69) is 25.2 Å². The smallest absolute Gasteiger partial charge is 0.125 e. The van der Waals surface area contributed by atoms with Crippen molar-refractivity contribution < 1.29 is 4.74 Å². The van der Waals surface area contributed by atoms with Crippen LogP contribution in [0.25, 0.3) is 0 Å². The lowest BCUT2D eigenvalue weighted by molar-refractivity contribution is 0.352. The van der Waals surface area contributed by atoms with Crippen LogP contribution in [0.15, 0.2) is 12.1 Å². The largest absolute Gasteiger partial charge is 0.493 e. The van der Waals surface area contributed by atoms with Gasteiger partial charge in [0.25, 0.3) is 0 Å². The molecule has 0 spiro atoms. The van der Waals surface area contributed by atoms with Crippen LogP contribution in [0.4, 0.5) is 0 Å². The molecule has 1 aliphatic heterocycles. The number of rotatable bonds is 6. The normalized spacial score (nSPS) is 15.4. The first kappa shape index (κ1) is 15.0. The zero-order valence-corrected chi connectivity index (χ0v) is 13.4. The average molecular weight is 300 g/mol. The Morgan fingerprint density at radius 1 is 1.42 bits per heavy atom. The minimum absolute atomic E-state index is 0.458. The second-order valence-electron chi connectivity index (χ2n) is 5.22. The number of thioether (sulfide) groups is 1. The summed E-state index contributed by atoms with van der Waals surface area (Å²) in [5.74, 6) is 2.18. The maximum Gasteiger partial charge on any atom is 0.125 e. The van der Waals surface area contributed by atoms with E-state index < -0.39 is 0 Å². The molecule has 2 rings (SSSR count). The van der Waals surface area contributed by atoms with Crippen LogP contribution < -0.4 is 10.1 Å². The Labute approximate surface area is 125 Å². The third kappa shape index (κ3) is 4.04. The second-order valence-corrected chi connectivity index (χ2v) is 7.27. The van der Waals surface area contributed by atoms with Gasteiger partial charge < -0.3 is 10.1 Å². The first-order valence-corrected chi connectivity index (χ1v) is 8.25. The quantitative estimate of drug-likeness (QED) is 0.868. The molecule has 1 heterocycles. The number of likely N-dealkylation sites (N-methyl/N-ethyl adjacent to an activating group) is 1. The van der Waals surface area contributed by atoms with Crippen LogP contribution in [0, 0.1) is 0 Å². The molecule has 0 aliphatic carbocycles. The van der Waals surface area contributed by atoms with E-state index >= 15 is 0 Å². The zero-order chi connectivity index (χ0) is 13.8. The van der Waals surface area contributed by atoms with Crippen molar-refractivity contribution >= 4 is 23.4 Å². The van der Waals surface area contributed by atoms with Gasteiger partial charge in [0.2, 0.25) is 0 Å². The zero-order valence-electron chi connectivity index (χ0n) is 11.8. The van der Waals surface area contributed by atoms with Crippen molar-refractivity contribution in [2.45, 2.75) is 38.0 Å². The SMILES string of the molecule is CNC(CSC(C)C)Cc1cc(Cl)cc2c1OCC2. The summed E-state index contributed by atoms with van der Waals surface area (Å²) in [4.78, 5) is 0. The Hall–Kier alpha value is -0.380. The number of hydrogen-bond acceptors (Lipinski definition) is 3. The van der Waals surface area contributed by atoms with Crippen LogP contribution in [0.3, 0.4) is 0 Å². The average Bonchev–Trinajstić information content (AvgIpc) is 2.81. The van der Waals surface area contributed by atoms with E-state index in [0.29, 0.717) is 11.3 Å². The van der Waals surface area contributed by atoms with Crippen molar-refractivity contribution in [2.24, 2.45) is 0 Å². The fraction of sp³-hybridized carbons (Fsp3) is 0.600. The van der Waals surface area contributed by atoms with E-state index in [4.69, 9.17) is 16.3 Å². The Bertz CT molecular complexity index is 436. The summed E-state index contributed by atoms with van der Waals surface area (Å²) in [6.07, 6.45) is 1.95. The van der Waals surface area contributed by atoms with Gasteiger partial charge in [0.15, 0.2) is 0 Å². The highest BCUT2D eigenvalue weighted by molar-refractivity contribution is 7.99. The van der Waals surface area contributed by atoms with Gasteiger partial charge in [-0.2, -0.15) is 11.8 Å². The van der Waals surface area contributed by atoms with Crippen LogP contribution in [0.1, 0.15) is 25.0 Å². The summed E-state index contributed by atoms with van der Waals surface area (Å²) in [5.41, 5.74) is 2.50. The number of nitrogens with one attached hydrogen (secondary N) is 1. The monoisotopic (exact) mass is 299 g/mol. The fourth-order valence-corrected chi connectivity index (χ4v) is 3.48. The number of fused-ring (bicyclic) bond motifs is 1. The molecule has 1 unspecified atom stereocenters. The summed E-state index contributed by atoms with van der Waals surface area (Å²) in [6, 6.07) is 4.54. The van der Waals surface area contributed by atoms with Gasteiger partial charge in [-0.1, -0.05) is 25.4 Å². The molecule has 19 heavy (non-hydrogen) atoms. The molecule has 1 aliphatic rings. The van der Waals surface area contributed by atoms with Gasteiger partial charge in [-0.15, -0.1) is 0 Å². The van der Waals surface area contributed by atoms with Gasteiger partial charge in [0.1, 0.15) is 5.75 Å². The predicted molar refractivity (Wildman–Crippen MR) is 84.8 cm³/mol. The lowest BCUT2D eigenvalue weighted by Gasteiger charge is -2.19. The van der Waals surface area contributed by atoms with Crippen LogP contribution in [0.2, 0.25) is 5.02 Å². The number of ether oxygens (including phenoxy) is 1. The van der Waals surface area contributed by atoms with Gasteiger partial charge in [-0.05, 0) is 42.0 Å². The predicted octanol–water partition coefficient (Wildman–Crippen LogP) is 3.55. The molecule has 1 atom stereocenters. The third-order valence-electron chi connectivity index (χ3n) is 3.33. The molecule has 2 nitrogen and oxygen atoms in total. The van der Waals surface area contributed by atoms with Crippen LogP contribution in [-0.4, -0.2) is 30.7 Å². The van der Waals surface area contributed by atoms with Crippen LogP contribution >= 0.6 is 23.4 Å². The molecule has 1 aromatic carbocycles. The van der Waals surface area contributed by atoms with Crippen molar-refractivity contribution in [3.63, 3.8) is 0 Å². The van der Waals surface area contributed by atoms with Crippen LogP contribution in [-0.2, 0) is 12.8 Å². The Morgan fingerprint density at radius 3 is 2.89 bits per heavy atom. The first-order chi connectivity index (χ1) is 9.10. The molecule has 1 aromatic rings. The molecule has 1 N–H and O–H groups in total. The van der Waals surface area contributed by atoms with Gasteiger partial charge in [0.05, 0.1) is 6.61 Å². The standard InChI is InChI=1S/C15H22ClNOS/c1-10(2)19-9-14(17-3)8-12-7-13(16)6-11-4-5-18-15(11)12/h6-7,10,14,17H,4-5,8-9H2,1-3H3. The molecule has 4 heteroatoms. The van der Waals surface area contributed by atoms with Crippen molar-refractivity contribution in [1.29, 1.82) is 0 Å². The second kappa shape index (κ2) is 6.87. The van der Waals surface area contributed by atoms with E-state index in [-0.39, 0.29) is 0 Å². The van der Waals surface area contributed by atoms with E-state index in [1.165, 1.54) is 11.1 Å². The van der Waals surface area contributed by atoms with E-state index in [1.54, 1.807) is 0 Å². The molecule has 0 radical (unpaired) electrons. The van der Waals surface area contributed by atoms with Crippen molar-refractivity contribution in [3.05, 3.63) is 28.3 Å². The minimum Gasteiger partial charge on any atom is -0.493 e. The Kier molecular flexibility index (Phi) is 5.43. The van der Waals surface area contributed by atoms with Gasteiger partial charge in [-0.3, -0.25) is 0 Å². The molecule has 106 valence electrons. The molecule has 0 fully saturated rings. The maximum absolute atomic E-state index is 6.20. The Morgan fingerprint density at radius 2 is 2.21 bits per heavy atom. The number of benzene rings is 1. The number of halogens is 1. The van der Waals surface area contributed by atoms with Crippen LogP contribution in [0.5, 0.6) is 5.75 Å². The topological polar surface area (TPSA) is 21.3 Å². The maximum atomic E-state index is 6.20. The highest BCUT2D eigenvalue weighted by atomic mass is 35.5. The van der Waals surface area contributed by atoms with E-state index in [1.807, 2.05) is 24.9 Å². The minimum atomic E-state index is 0.458. The summed E-state index contributed by atoms with van der Waals surface area (Å²) in [7, 11) is 2.02. The lowest BCUT2D eigenvalue weighted by atomic mass is 10.0. The molecule has 0 saturated carbocycles. The summed E-state index contributed by atoms with van der Waals surface area (Å²) < 4.78 is 5.76. The molecule has 0 saturated heterocycles. The Balaban J connectivity index is 2.09. The van der Waals surface area contributed by atoms with Gasteiger partial charge in [-0.25, -0.2) is 0 Å². The molecule has 0 aromatic heterocycles. The molecular weight excluding hydrogens is 278 g/mol. The fourth-order valence-electron chi connectivity index (χ4n) is 2.32. The van der Waals surface area contributed by atoms with Crippen molar-refractivity contribution in [1.82, 2.24) is 5.32 Å². The summed E-state index contributed by atoms with van der Waals surface area (Å²) in [5, 5.41) is 4.89. The summed E-state index contributed by atoms with van der Waals surface area (Å²) in [6.45, 7) is 5.25. The van der Waals surface area contributed by atoms with Gasteiger partial charge >= 0.3 is 0 Å². The van der Waals surface area contributed by atoms with E-state index in [9.17, 15) is 0 Å². The van der Waals surface area contributed by atoms with Gasteiger partial charge in [0, 0.05) is 23.2 Å². The molecule has 0 amide bonds. The highest BCUT2D eigenvalue weighted by Gasteiger charge is 2.20. The first-order valence-electron chi connectivity index (χ1n) is 6.83. The van der Waals surface area contributed by atoms with Crippen molar-refractivity contribution in [3.8, 4) is 5.75 Å². The highest BCUT2D eigenvalue weighted by Crippen LogP contribution is 2.33. The summed E-state index contributed by atoms with van der Waals surface area (Å²) >= 11 is 8.19. The molecule has 0 bridgehead atoms.